The number of aromatic nitrogens is 1. The second-order valence-corrected chi connectivity index (χ2v) is 5.80. The number of nitrogens with one attached hydrogen (secondary N) is 1. The van der Waals surface area contributed by atoms with Crippen molar-refractivity contribution < 1.29 is 0 Å². The van der Waals surface area contributed by atoms with Crippen LogP contribution in [0.3, 0.4) is 0 Å². The average molecular weight is 341 g/mol. The van der Waals surface area contributed by atoms with E-state index in [9.17, 15) is 0 Å². The number of anilines is 1. The molecule has 2 heterocycles. The van der Waals surface area contributed by atoms with E-state index in [-0.39, 0.29) is 24.8 Å². The second-order valence-electron chi connectivity index (χ2n) is 4.36. The van der Waals surface area contributed by atoms with Gasteiger partial charge in [0.05, 0.1) is 10.2 Å². The van der Waals surface area contributed by atoms with Crippen LogP contribution in [0.5, 0.6) is 0 Å². The van der Waals surface area contributed by atoms with Gasteiger partial charge in [-0.3, -0.25) is 0 Å². The number of hydrogen-bond acceptors (Lipinski definition) is 4. The molecule has 0 aliphatic carbocycles. The first-order valence-electron chi connectivity index (χ1n) is 5.77. The minimum Gasteiger partial charge on any atom is -0.343 e. The van der Waals surface area contributed by atoms with E-state index in [1.165, 1.54) is 4.70 Å². The number of halogens is 3. The zero-order chi connectivity index (χ0) is 11.8. The summed E-state index contributed by atoms with van der Waals surface area (Å²) >= 11 is 7.72. The van der Waals surface area contributed by atoms with Gasteiger partial charge in [-0.2, -0.15) is 0 Å². The van der Waals surface area contributed by atoms with E-state index in [0.29, 0.717) is 6.04 Å². The van der Waals surface area contributed by atoms with Gasteiger partial charge in [-0.15, -0.1) is 24.8 Å². The van der Waals surface area contributed by atoms with E-state index >= 15 is 0 Å². The standard InChI is InChI=1S/C12H14ClN3S.2ClH/c1-8-7-14-4-5-16(8)12-15-10-3-2-9(13)6-11(10)17-12;;/h2-3,6,8,14H,4-5,7H2,1H3;2*1H/t8-;;/m0../s1. The third-order valence-electron chi connectivity index (χ3n) is 3.09. The van der Waals surface area contributed by atoms with Crippen molar-refractivity contribution in [2.75, 3.05) is 24.5 Å². The molecule has 19 heavy (non-hydrogen) atoms. The minimum atomic E-state index is 0. The highest BCUT2D eigenvalue weighted by molar-refractivity contribution is 7.22. The predicted molar refractivity (Wildman–Crippen MR) is 88.8 cm³/mol. The number of nitrogens with zero attached hydrogens (tertiary/aromatic N) is 2. The Balaban J connectivity index is 0.000000902. The Hall–Kier alpha value is -0.260. The summed E-state index contributed by atoms with van der Waals surface area (Å²) in [5.74, 6) is 0. The molecule has 1 aromatic heterocycles. The highest BCUT2D eigenvalue weighted by atomic mass is 35.5. The fourth-order valence-electron chi connectivity index (χ4n) is 2.13. The smallest absolute Gasteiger partial charge is 0.186 e. The van der Waals surface area contributed by atoms with Gasteiger partial charge in [0.25, 0.3) is 0 Å². The molecule has 2 aromatic rings. The molecule has 3 rings (SSSR count). The highest BCUT2D eigenvalue weighted by Gasteiger charge is 2.21. The molecule has 0 radical (unpaired) electrons. The van der Waals surface area contributed by atoms with E-state index in [1.54, 1.807) is 11.3 Å². The summed E-state index contributed by atoms with van der Waals surface area (Å²) in [6.07, 6.45) is 0. The summed E-state index contributed by atoms with van der Waals surface area (Å²) in [5, 5.41) is 5.28. The molecule has 1 aromatic carbocycles. The van der Waals surface area contributed by atoms with Crippen LogP contribution in [0.2, 0.25) is 5.02 Å². The van der Waals surface area contributed by atoms with Crippen LogP contribution < -0.4 is 10.2 Å². The number of fused-ring (bicyclic) bond motifs is 1. The van der Waals surface area contributed by atoms with E-state index in [2.05, 4.69) is 22.1 Å². The Bertz CT molecular complexity index is 546. The summed E-state index contributed by atoms with van der Waals surface area (Å²) < 4.78 is 1.17. The Kier molecular flexibility index (Phi) is 6.15. The molecule has 7 heteroatoms. The molecule has 1 aliphatic heterocycles. The maximum Gasteiger partial charge on any atom is 0.186 e. The van der Waals surface area contributed by atoms with Crippen LogP contribution in [-0.2, 0) is 0 Å². The zero-order valence-electron chi connectivity index (χ0n) is 10.4. The van der Waals surface area contributed by atoms with Gasteiger partial charge < -0.3 is 10.2 Å². The minimum absolute atomic E-state index is 0. The molecule has 0 spiro atoms. The van der Waals surface area contributed by atoms with Gasteiger partial charge in [0.1, 0.15) is 0 Å². The summed E-state index contributed by atoms with van der Waals surface area (Å²) in [4.78, 5) is 7.06. The van der Waals surface area contributed by atoms with Crippen LogP contribution in [0.15, 0.2) is 18.2 Å². The SMILES string of the molecule is C[C@H]1CNCCN1c1nc2ccc(Cl)cc2s1.Cl.Cl. The summed E-state index contributed by atoms with van der Waals surface area (Å²) in [5.41, 5.74) is 1.04. The lowest BCUT2D eigenvalue weighted by Crippen LogP contribution is -2.49. The monoisotopic (exact) mass is 339 g/mol. The third kappa shape index (κ3) is 3.44. The molecule has 0 saturated carbocycles. The lowest BCUT2D eigenvalue weighted by atomic mass is 10.2. The molecule has 1 N–H and O–H groups in total. The molecular formula is C12H16Cl3N3S. The number of benzene rings is 1. The second kappa shape index (κ2) is 6.95. The first kappa shape index (κ1) is 16.8. The van der Waals surface area contributed by atoms with Crippen molar-refractivity contribution in [1.29, 1.82) is 0 Å². The lowest BCUT2D eigenvalue weighted by Gasteiger charge is -2.33. The lowest BCUT2D eigenvalue weighted by molar-refractivity contribution is 0.500. The summed E-state index contributed by atoms with van der Waals surface area (Å²) in [6, 6.07) is 6.38. The van der Waals surface area contributed by atoms with E-state index < -0.39 is 0 Å². The largest absolute Gasteiger partial charge is 0.343 e. The average Bonchev–Trinajstić information content (AvgIpc) is 2.72. The van der Waals surface area contributed by atoms with Crippen LogP contribution in [-0.4, -0.2) is 30.7 Å². The van der Waals surface area contributed by atoms with Crippen molar-refractivity contribution in [1.82, 2.24) is 10.3 Å². The van der Waals surface area contributed by atoms with Gasteiger partial charge in [0.2, 0.25) is 0 Å². The van der Waals surface area contributed by atoms with Gasteiger partial charge in [-0.25, -0.2) is 4.98 Å². The van der Waals surface area contributed by atoms with Crippen molar-refractivity contribution in [3.05, 3.63) is 23.2 Å². The van der Waals surface area contributed by atoms with Crippen LogP contribution in [0.1, 0.15) is 6.92 Å². The van der Waals surface area contributed by atoms with Crippen molar-refractivity contribution in [2.24, 2.45) is 0 Å². The Morgan fingerprint density at radius 2 is 2.21 bits per heavy atom. The summed E-state index contributed by atoms with van der Waals surface area (Å²) in [6.45, 7) is 5.30. The summed E-state index contributed by atoms with van der Waals surface area (Å²) in [7, 11) is 0. The molecule has 1 saturated heterocycles. The zero-order valence-corrected chi connectivity index (χ0v) is 13.6. The Morgan fingerprint density at radius 1 is 1.42 bits per heavy atom. The van der Waals surface area contributed by atoms with Gasteiger partial charge in [0.15, 0.2) is 5.13 Å². The first-order chi connectivity index (χ1) is 8.24. The third-order valence-corrected chi connectivity index (χ3v) is 4.38. The fraction of sp³-hybridized carbons (Fsp3) is 0.417. The molecule has 0 unspecified atom stereocenters. The highest BCUT2D eigenvalue weighted by Crippen LogP contribution is 2.31. The van der Waals surface area contributed by atoms with Gasteiger partial charge in [-0.1, -0.05) is 22.9 Å². The van der Waals surface area contributed by atoms with Gasteiger partial charge in [-0.05, 0) is 25.1 Å². The fourth-order valence-corrected chi connectivity index (χ4v) is 3.50. The Labute approximate surface area is 134 Å². The first-order valence-corrected chi connectivity index (χ1v) is 6.97. The van der Waals surface area contributed by atoms with Crippen LogP contribution in [0.4, 0.5) is 5.13 Å². The normalized spacial score (nSPS) is 18.8. The number of piperazine rings is 1. The van der Waals surface area contributed by atoms with E-state index in [1.807, 2.05) is 18.2 Å². The van der Waals surface area contributed by atoms with Gasteiger partial charge >= 0.3 is 0 Å². The van der Waals surface area contributed by atoms with Gasteiger partial charge in [0, 0.05) is 30.7 Å². The molecule has 1 fully saturated rings. The van der Waals surface area contributed by atoms with Crippen molar-refractivity contribution in [3.8, 4) is 0 Å². The van der Waals surface area contributed by atoms with Crippen molar-refractivity contribution >= 4 is 63.1 Å². The molecular weight excluding hydrogens is 325 g/mol. The maximum absolute atomic E-state index is 6.00. The quantitative estimate of drug-likeness (QED) is 0.860. The van der Waals surface area contributed by atoms with Crippen molar-refractivity contribution in [2.45, 2.75) is 13.0 Å². The number of hydrogen-bond donors (Lipinski definition) is 1. The number of thiazole rings is 1. The Morgan fingerprint density at radius 3 is 2.95 bits per heavy atom. The molecule has 106 valence electrons. The molecule has 0 amide bonds. The molecule has 0 bridgehead atoms. The molecule has 3 nitrogen and oxygen atoms in total. The van der Waals surface area contributed by atoms with Crippen LogP contribution in [0, 0.1) is 0 Å². The molecule has 1 atom stereocenters. The molecule has 1 aliphatic rings. The maximum atomic E-state index is 6.00. The van der Waals surface area contributed by atoms with Crippen molar-refractivity contribution in [3.63, 3.8) is 0 Å². The van der Waals surface area contributed by atoms with E-state index in [4.69, 9.17) is 11.6 Å². The van der Waals surface area contributed by atoms with E-state index in [0.717, 1.165) is 35.3 Å². The van der Waals surface area contributed by atoms with Crippen LogP contribution >= 0.6 is 47.8 Å². The predicted octanol–water partition coefficient (Wildman–Crippen LogP) is 3.59. The van der Waals surface area contributed by atoms with Crippen LogP contribution in [0.25, 0.3) is 10.2 Å². The topological polar surface area (TPSA) is 28.2 Å². The number of rotatable bonds is 1.